The maximum atomic E-state index is 11.8. The van der Waals surface area contributed by atoms with Crippen LogP contribution in [0.2, 0.25) is 0 Å². The van der Waals surface area contributed by atoms with Gasteiger partial charge in [0.1, 0.15) is 0 Å². The van der Waals surface area contributed by atoms with Crippen molar-refractivity contribution in [2.45, 2.75) is 26.7 Å². The van der Waals surface area contributed by atoms with Gasteiger partial charge in [-0.25, -0.2) is 0 Å². The minimum Gasteiger partial charge on any atom is -0.353 e. The Morgan fingerprint density at radius 1 is 1.20 bits per heavy atom. The Morgan fingerprint density at radius 2 is 2.00 bits per heavy atom. The predicted molar refractivity (Wildman–Crippen MR) is 99.4 cm³/mol. The van der Waals surface area contributed by atoms with Gasteiger partial charge in [-0.2, -0.15) is 0 Å². The third-order valence-corrected chi connectivity index (χ3v) is 3.93. The van der Waals surface area contributed by atoms with Crippen LogP contribution in [0, 0.1) is 24.0 Å². The van der Waals surface area contributed by atoms with Crippen LogP contribution in [-0.4, -0.2) is 17.4 Å². The summed E-state index contributed by atoms with van der Waals surface area (Å²) in [6.45, 7) is 4.76. The van der Waals surface area contributed by atoms with Crippen molar-refractivity contribution in [1.29, 1.82) is 0 Å². The number of non-ortho nitro benzene ring substituents is 1. The minimum atomic E-state index is -0.454. The van der Waals surface area contributed by atoms with Crippen LogP contribution < -0.4 is 5.32 Å². The summed E-state index contributed by atoms with van der Waals surface area (Å²) < 4.78 is 0. The fraction of sp³-hybridized carbons (Fsp3) is 0.250. The number of hydrogen-bond acceptors (Lipinski definition) is 3. The molecule has 0 heterocycles. The van der Waals surface area contributed by atoms with E-state index in [1.165, 1.54) is 34.9 Å². The van der Waals surface area contributed by atoms with Gasteiger partial charge < -0.3 is 5.32 Å². The van der Waals surface area contributed by atoms with Gasteiger partial charge in [0.2, 0.25) is 5.91 Å². The summed E-state index contributed by atoms with van der Waals surface area (Å²) in [6, 6.07) is 12.6. The van der Waals surface area contributed by atoms with Crippen molar-refractivity contribution in [2.24, 2.45) is 0 Å². The maximum Gasteiger partial charge on any atom is 0.270 e. The highest BCUT2D eigenvalue weighted by molar-refractivity contribution is 5.91. The first-order valence-electron chi connectivity index (χ1n) is 8.22. The number of amides is 1. The average molecular weight is 338 g/mol. The molecule has 130 valence electrons. The van der Waals surface area contributed by atoms with Gasteiger partial charge in [-0.15, -0.1) is 0 Å². The Labute approximate surface area is 147 Å². The molecular weight excluding hydrogens is 316 g/mol. The second-order valence-corrected chi connectivity index (χ2v) is 6.01. The van der Waals surface area contributed by atoms with Crippen LogP contribution in [-0.2, 0) is 11.2 Å². The fourth-order valence-corrected chi connectivity index (χ4v) is 2.59. The van der Waals surface area contributed by atoms with Crippen LogP contribution in [0.4, 0.5) is 5.69 Å². The zero-order valence-corrected chi connectivity index (χ0v) is 14.5. The van der Waals surface area contributed by atoms with Gasteiger partial charge in [0.25, 0.3) is 5.69 Å². The maximum absolute atomic E-state index is 11.8. The summed E-state index contributed by atoms with van der Waals surface area (Å²) in [7, 11) is 0. The molecule has 2 aromatic rings. The summed E-state index contributed by atoms with van der Waals surface area (Å²) in [5, 5.41) is 13.6. The van der Waals surface area contributed by atoms with E-state index in [4.69, 9.17) is 0 Å². The molecule has 2 rings (SSSR count). The lowest BCUT2D eigenvalue weighted by Crippen LogP contribution is -2.22. The topological polar surface area (TPSA) is 72.2 Å². The molecule has 0 fully saturated rings. The van der Waals surface area contributed by atoms with Crippen molar-refractivity contribution in [2.75, 3.05) is 6.54 Å². The smallest absolute Gasteiger partial charge is 0.270 e. The molecule has 0 aliphatic carbocycles. The Morgan fingerprint density at radius 3 is 2.72 bits per heavy atom. The van der Waals surface area contributed by atoms with E-state index in [9.17, 15) is 14.9 Å². The van der Waals surface area contributed by atoms with Gasteiger partial charge in [0.05, 0.1) is 4.92 Å². The third kappa shape index (κ3) is 5.88. The molecule has 0 bridgehead atoms. The molecule has 2 aromatic carbocycles. The molecule has 1 N–H and O–H groups in total. The zero-order chi connectivity index (χ0) is 18.2. The third-order valence-electron chi connectivity index (χ3n) is 3.93. The Kier molecular flexibility index (Phi) is 6.46. The molecule has 0 aliphatic rings. The Bertz CT molecular complexity index is 797. The number of nitrogens with one attached hydrogen (secondary N) is 1. The number of hydrogen-bond donors (Lipinski definition) is 1. The van der Waals surface area contributed by atoms with Crippen molar-refractivity contribution in [3.05, 3.63) is 80.9 Å². The lowest BCUT2D eigenvalue weighted by molar-refractivity contribution is -0.384. The van der Waals surface area contributed by atoms with E-state index in [0.717, 1.165) is 12.8 Å². The molecule has 0 aliphatic heterocycles. The number of nitrogens with zero attached hydrogens (tertiary/aromatic N) is 1. The van der Waals surface area contributed by atoms with E-state index in [1.807, 2.05) is 0 Å². The normalized spacial score (nSPS) is 10.8. The van der Waals surface area contributed by atoms with E-state index < -0.39 is 4.92 Å². The van der Waals surface area contributed by atoms with E-state index in [2.05, 4.69) is 37.4 Å². The first kappa shape index (κ1) is 18.4. The molecule has 5 nitrogen and oxygen atoms in total. The van der Waals surface area contributed by atoms with Gasteiger partial charge >= 0.3 is 0 Å². The monoisotopic (exact) mass is 338 g/mol. The van der Waals surface area contributed by atoms with Crippen LogP contribution >= 0.6 is 0 Å². The van der Waals surface area contributed by atoms with Crippen molar-refractivity contribution in [1.82, 2.24) is 5.32 Å². The molecule has 0 atom stereocenters. The van der Waals surface area contributed by atoms with Crippen LogP contribution in [0.1, 0.15) is 28.7 Å². The van der Waals surface area contributed by atoms with Gasteiger partial charge in [-0.3, -0.25) is 14.9 Å². The SMILES string of the molecule is Cc1ccc(CCCNC(=O)/C=C/c2cccc([N+](=O)[O-])c2)c(C)c1. The van der Waals surface area contributed by atoms with Crippen molar-refractivity contribution >= 4 is 17.7 Å². The number of carbonyl (C=O) groups excluding carboxylic acids is 1. The molecule has 0 saturated carbocycles. The van der Waals surface area contributed by atoms with Crippen LogP contribution in [0.15, 0.2) is 48.5 Å². The van der Waals surface area contributed by atoms with Gasteiger partial charge in [-0.05, 0) is 49.5 Å². The Balaban J connectivity index is 1.78. The standard InChI is InChI=1S/C20H22N2O3/c1-15-8-10-18(16(2)13-15)6-4-12-21-20(23)11-9-17-5-3-7-19(14-17)22(24)25/h3,5,7-11,13-14H,4,6,12H2,1-2H3,(H,21,23)/b11-9+. The quantitative estimate of drug-likeness (QED) is 0.359. The second kappa shape index (κ2) is 8.78. The number of nitro benzene ring substituents is 1. The highest BCUT2D eigenvalue weighted by atomic mass is 16.6. The van der Waals surface area contributed by atoms with Gasteiger partial charge in [0.15, 0.2) is 0 Å². The molecule has 0 spiro atoms. The fourth-order valence-electron chi connectivity index (χ4n) is 2.59. The first-order valence-corrected chi connectivity index (χ1v) is 8.22. The molecule has 0 radical (unpaired) electrons. The summed E-state index contributed by atoms with van der Waals surface area (Å²) in [5.41, 5.74) is 4.46. The highest BCUT2D eigenvalue weighted by Gasteiger charge is 2.04. The first-order chi connectivity index (χ1) is 12.0. The highest BCUT2D eigenvalue weighted by Crippen LogP contribution is 2.14. The number of benzene rings is 2. The van der Waals surface area contributed by atoms with Crippen molar-refractivity contribution in [3.63, 3.8) is 0 Å². The average Bonchev–Trinajstić information content (AvgIpc) is 2.58. The van der Waals surface area contributed by atoms with Crippen LogP contribution in [0.5, 0.6) is 0 Å². The van der Waals surface area contributed by atoms with Gasteiger partial charge in [0, 0.05) is 24.8 Å². The molecule has 25 heavy (non-hydrogen) atoms. The number of aryl methyl sites for hydroxylation is 3. The molecule has 1 amide bonds. The van der Waals surface area contributed by atoms with Crippen molar-refractivity contribution < 1.29 is 9.72 Å². The molecule has 0 saturated heterocycles. The predicted octanol–water partition coefficient (Wildman–Crippen LogP) is 3.97. The summed E-state index contributed by atoms with van der Waals surface area (Å²) in [5.74, 6) is -0.202. The molecule has 0 aromatic heterocycles. The Hall–Kier alpha value is -2.95. The molecule has 5 heteroatoms. The van der Waals surface area contributed by atoms with Crippen LogP contribution in [0.25, 0.3) is 6.08 Å². The number of carbonyl (C=O) groups is 1. The van der Waals surface area contributed by atoms with E-state index in [-0.39, 0.29) is 11.6 Å². The molecular formula is C20H22N2O3. The zero-order valence-electron chi connectivity index (χ0n) is 14.5. The van der Waals surface area contributed by atoms with E-state index in [1.54, 1.807) is 18.2 Å². The number of nitro groups is 1. The lowest BCUT2D eigenvalue weighted by Gasteiger charge is -2.07. The van der Waals surface area contributed by atoms with Gasteiger partial charge in [-0.1, -0.05) is 35.9 Å². The summed E-state index contributed by atoms with van der Waals surface area (Å²) >= 11 is 0. The summed E-state index contributed by atoms with van der Waals surface area (Å²) in [6.07, 6.45) is 4.75. The van der Waals surface area contributed by atoms with E-state index >= 15 is 0 Å². The second-order valence-electron chi connectivity index (χ2n) is 6.01. The van der Waals surface area contributed by atoms with Crippen LogP contribution in [0.3, 0.4) is 0 Å². The largest absolute Gasteiger partial charge is 0.353 e. The van der Waals surface area contributed by atoms with E-state index in [0.29, 0.717) is 12.1 Å². The number of rotatable bonds is 7. The minimum absolute atomic E-state index is 0.0102. The molecule has 0 unspecified atom stereocenters. The lowest BCUT2D eigenvalue weighted by atomic mass is 10.0. The summed E-state index contributed by atoms with van der Waals surface area (Å²) in [4.78, 5) is 22.1. The van der Waals surface area contributed by atoms with Crippen molar-refractivity contribution in [3.8, 4) is 0 Å².